The van der Waals surface area contributed by atoms with Crippen molar-refractivity contribution in [2.45, 2.75) is 31.2 Å². The summed E-state index contributed by atoms with van der Waals surface area (Å²) in [6, 6.07) is 10.1. The third-order valence-corrected chi connectivity index (χ3v) is 4.63. The number of aromatic nitrogens is 1. The van der Waals surface area contributed by atoms with E-state index in [-0.39, 0.29) is 6.04 Å². The number of pyridine rings is 1. The number of aryl methyl sites for hydroxylation is 1. The summed E-state index contributed by atoms with van der Waals surface area (Å²) in [4.78, 5) is 4.63. The van der Waals surface area contributed by atoms with E-state index in [1.54, 1.807) is 6.07 Å². The van der Waals surface area contributed by atoms with E-state index in [2.05, 4.69) is 16.4 Å². The Hall–Kier alpha value is -1.09. The number of rotatable bonds is 3. The third-order valence-electron chi connectivity index (χ3n) is 4.20. The largest absolute Gasteiger partial charge is 0.312 e. The molecule has 2 unspecified atom stereocenters. The highest BCUT2D eigenvalue weighted by Crippen LogP contribution is 2.40. The predicted octanol–water partition coefficient (Wildman–Crippen LogP) is 4.77. The van der Waals surface area contributed by atoms with Crippen molar-refractivity contribution in [3.63, 3.8) is 0 Å². The molecule has 0 fully saturated rings. The van der Waals surface area contributed by atoms with Gasteiger partial charge in [0.25, 0.3) is 0 Å². The molecular formula is C17H18Cl2N2. The van der Waals surface area contributed by atoms with Crippen LogP contribution in [-0.2, 0) is 6.42 Å². The van der Waals surface area contributed by atoms with E-state index in [1.807, 2.05) is 31.4 Å². The number of hydrogen-bond donors (Lipinski definition) is 1. The molecule has 21 heavy (non-hydrogen) atoms. The first kappa shape index (κ1) is 14.8. The fourth-order valence-electron chi connectivity index (χ4n) is 3.32. The molecule has 1 aromatic carbocycles. The molecule has 2 nitrogen and oxygen atoms in total. The lowest BCUT2D eigenvalue weighted by molar-refractivity contribution is 0.416. The van der Waals surface area contributed by atoms with Crippen LogP contribution in [0, 0.1) is 0 Å². The molecule has 0 spiro atoms. The van der Waals surface area contributed by atoms with Gasteiger partial charge in [0.15, 0.2) is 0 Å². The van der Waals surface area contributed by atoms with Crippen molar-refractivity contribution in [3.8, 4) is 0 Å². The first-order chi connectivity index (χ1) is 10.2. The molecule has 0 saturated heterocycles. The van der Waals surface area contributed by atoms with Gasteiger partial charge in [-0.3, -0.25) is 4.98 Å². The first-order valence-corrected chi connectivity index (χ1v) is 8.01. The fourth-order valence-corrected chi connectivity index (χ4v) is 3.87. The number of nitrogens with zero attached hydrogens (tertiary/aromatic N) is 1. The molecule has 0 saturated carbocycles. The second-order valence-corrected chi connectivity index (χ2v) is 6.39. The molecule has 1 aliphatic rings. The zero-order valence-corrected chi connectivity index (χ0v) is 13.5. The van der Waals surface area contributed by atoms with Gasteiger partial charge < -0.3 is 5.32 Å². The van der Waals surface area contributed by atoms with Crippen LogP contribution < -0.4 is 5.32 Å². The molecule has 1 aliphatic carbocycles. The van der Waals surface area contributed by atoms with E-state index in [0.29, 0.717) is 16.0 Å². The van der Waals surface area contributed by atoms with Crippen LogP contribution in [-0.4, -0.2) is 12.0 Å². The van der Waals surface area contributed by atoms with E-state index in [4.69, 9.17) is 23.2 Å². The van der Waals surface area contributed by atoms with Crippen molar-refractivity contribution in [2.24, 2.45) is 0 Å². The zero-order chi connectivity index (χ0) is 14.8. The number of nitrogens with one attached hydrogen (secondary N) is 1. The van der Waals surface area contributed by atoms with E-state index in [0.717, 1.165) is 18.4 Å². The molecule has 1 heterocycles. The normalized spacial score (nSPS) is 19.1. The number of halogens is 2. The van der Waals surface area contributed by atoms with Crippen LogP contribution in [0.1, 0.15) is 41.6 Å². The SMILES string of the molecule is CNC(c1cc(Cl)cc(Cl)c1)C1CCCc2cccnc21. The summed E-state index contributed by atoms with van der Waals surface area (Å²) < 4.78 is 0. The van der Waals surface area contributed by atoms with Crippen LogP contribution in [0.3, 0.4) is 0 Å². The number of hydrogen-bond acceptors (Lipinski definition) is 2. The molecule has 110 valence electrons. The average Bonchev–Trinajstić information content (AvgIpc) is 2.47. The molecule has 1 N–H and O–H groups in total. The molecule has 0 amide bonds. The Kier molecular flexibility index (Phi) is 4.48. The molecule has 4 heteroatoms. The Morgan fingerprint density at radius 1 is 1.24 bits per heavy atom. The maximum Gasteiger partial charge on any atom is 0.0485 e. The minimum Gasteiger partial charge on any atom is -0.312 e. The van der Waals surface area contributed by atoms with E-state index < -0.39 is 0 Å². The molecule has 3 rings (SSSR count). The lowest BCUT2D eigenvalue weighted by Gasteiger charge is -2.31. The average molecular weight is 321 g/mol. The molecule has 0 bridgehead atoms. The molecule has 1 aromatic heterocycles. The van der Waals surface area contributed by atoms with Crippen molar-refractivity contribution in [1.29, 1.82) is 0 Å². The summed E-state index contributed by atoms with van der Waals surface area (Å²) in [5.41, 5.74) is 3.69. The van der Waals surface area contributed by atoms with E-state index in [9.17, 15) is 0 Å². The van der Waals surface area contributed by atoms with Crippen molar-refractivity contribution in [1.82, 2.24) is 10.3 Å². The summed E-state index contributed by atoms with van der Waals surface area (Å²) in [6.07, 6.45) is 5.32. The second-order valence-electron chi connectivity index (χ2n) is 5.52. The van der Waals surface area contributed by atoms with Crippen molar-refractivity contribution in [3.05, 3.63) is 63.4 Å². The van der Waals surface area contributed by atoms with Gasteiger partial charge in [-0.05, 0) is 61.7 Å². The van der Waals surface area contributed by atoms with Gasteiger partial charge >= 0.3 is 0 Å². The topological polar surface area (TPSA) is 24.9 Å². The van der Waals surface area contributed by atoms with Crippen LogP contribution in [0.5, 0.6) is 0 Å². The number of likely N-dealkylation sites (N-methyl/N-ethyl adjacent to an activating group) is 1. The summed E-state index contributed by atoms with van der Waals surface area (Å²) in [7, 11) is 1.98. The smallest absolute Gasteiger partial charge is 0.0485 e. The minimum absolute atomic E-state index is 0.176. The number of fused-ring (bicyclic) bond motifs is 1. The Bertz CT molecular complexity index is 622. The van der Waals surface area contributed by atoms with Gasteiger partial charge in [-0.25, -0.2) is 0 Å². The highest BCUT2D eigenvalue weighted by Gasteiger charge is 2.29. The molecule has 2 aromatic rings. The highest BCUT2D eigenvalue weighted by atomic mass is 35.5. The highest BCUT2D eigenvalue weighted by molar-refractivity contribution is 6.34. The molecule has 2 atom stereocenters. The van der Waals surface area contributed by atoms with Gasteiger partial charge in [0, 0.05) is 33.9 Å². The van der Waals surface area contributed by atoms with Gasteiger partial charge in [0.05, 0.1) is 0 Å². The summed E-state index contributed by atoms with van der Waals surface area (Å²) in [5, 5.41) is 4.78. The van der Waals surface area contributed by atoms with Crippen LogP contribution in [0.4, 0.5) is 0 Å². The fraction of sp³-hybridized carbons (Fsp3) is 0.353. The Morgan fingerprint density at radius 2 is 2.00 bits per heavy atom. The Balaban J connectivity index is 2.01. The predicted molar refractivity (Wildman–Crippen MR) is 88.2 cm³/mol. The maximum atomic E-state index is 6.16. The number of benzene rings is 1. The van der Waals surface area contributed by atoms with Crippen LogP contribution in [0.15, 0.2) is 36.5 Å². The summed E-state index contributed by atoms with van der Waals surface area (Å²) in [5.74, 6) is 0.356. The quantitative estimate of drug-likeness (QED) is 0.881. The lowest BCUT2D eigenvalue weighted by atomic mass is 9.79. The Morgan fingerprint density at radius 3 is 2.71 bits per heavy atom. The van der Waals surface area contributed by atoms with Gasteiger partial charge in [-0.1, -0.05) is 29.3 Å². The second kappa shape index (κ2) is 6.35. The van der Waals surface area contributed by atoms with Gasteiger partial charge in [0.2, 0.25) is 0 Å². The third kappa shape index (κ3) is 3.08. The van der Waals surface area contributed by atoms with Crippen LogP contribution in [0.25, 0.3) is 0 Å². The van der Waals surface area contributed by atoms with Crippen LogP contribution >= 0.6 is 23.2 Å². The summed E-state index contributed by atoms with van der Waals surface area (Å²) in [6.45, 7) is 0. The Labute approximate surface area is 135 Å². The van der Waals surface area contributed by atoms with Gasteiger partial charge in [0.1, 0.15) is 0 Å². The van der Waals surface area contributed by atoms with Crippen molar-refractivity contribution < 1.29 is 0 Å². The maximum absolute atomic E-state index is 6.16. The zero-order valence-electron chi connectivity index (χ0n) is 11.9. The van der Waals surface area contributed by atoms with E-state index >= 15 is 0 Å². The van der Waals surface area contributed by atoms with Crippen LogP contribution in [0.2, 0.25) is 10.0 Å². The standard InChI is InChI=1S/C17H18Cl2N2/c1-20-16(12-8-13(18)10-14(19)9-12)15-6-2-4-11-5-3-7-21-17(11)15/h3,5,7-10,15-16,20H,2,4,6H2,1H3. The minimum atomic E-state index is 0.176. The van der Waals surface area contributed by atoms with E-state index in [1.165, 1.54) is 17.7 Å². The molecular weight excluding hydrogens is 303 g/mol. The molecule has 0 radical (unpaired) electrons. The van der Waals surface area contributed by atoms with Gasteiger partial charge in [-0.2, -0.15) is 0 Å². The summed E-state index contributed by atoms with van der Waals surface area (Å²) >= 11 is 12.3. The monoisotopic (exact) mass is 320 g/mol. The first-order valence-electron chi connectivity index (χ1n) is 7.26. The van der Waals surface area contributed by atoms with Crippen molar-refractivity contribution in [2.75, 3.05) is 7.05 Å². The molecule has 0 aliphatic heterocycles. The van der Waals surface area contributed by atoms with Gasteiger partial charge in [-0.15, -0.1) is 0 Å². The lowest BCUT2D eigenvalue weighted by Crippen LogP contribution is -2.27. The van der Waals surface area contributed by atoms with Crippen molar-refractivity contribution >= 4 is 23.2 Å².